The number of nitrogens with one attached hydrogen (secondary N) is 1. The fraction of sp³-hybridized carbons (Fsp3) is 0.533. The molecule has 0 saturated heterocycles. The molecule has 0 aliphatic rings. The number of amides is 1. The Bertz CT molecular complexity index is 472. The minimum absolute atomic E-state index is 0.0102. The van der Waals surface area contributed by atoms with Gasteiger partial charge in [-0.3, -0.25) is 4.79 Å². The molecule has 1 rings (SSSR count). The summed E-state index contributed by atoms with van der Waals surface area (Å²) >= 11 is 3.53. The third kappa shape index (κ3) is 3.84. The third-order valence-corrected chi connectivity index (χ3v) is 3.81. The Balaban J connectivity index is 2.99. The van der Waals surface area contributed by atoms with Crippen LogP contribution in [-0.2, 0) is 4.79 Å². The third-order valence-electron chi connectivity index (χ3n) is 2.99. The maximum absolute atomic E-state index is 12.0. The molecule has 0 saturated carbocycles. The van der Waals surface area contributed by atoms with Crippen molar-refractivity contribution in [2.45, 2.75) is 48.0 Å². The van der Waals surface area contributed by atoms with Gasteiger partial charge in [0.15, 0.2) is 0 Å². The van der Waals surface area contributed by atoms with Gasteiger partial charge in [0, 0.05) is 16.6 Å². The van der Waals surface area contributed by atoms with Crippen LogP contribution in [0.15, 0.2) is 10.5 Å². The highest BCUT2D eigenvalue weighted by molar-refractivity contribution is 9.10. The average molecular weight is 312 g/mol. The average Bonchev–Trinajstić information content (AvgIpc) is 2.19. The van der Waals surface area contributed by atoms with Crippen molar-refractivity contribution in [2.75, 3.05) is 5.32 Å². The quantitative estimate of drug-likeness (QED) is 0.839. The zero-order chi connectivity index (χ0) is 14.1. The smallest absolute Gasteiger partial charge is 0.224 e. The van der Waals surface area contributed by atoms with Crippen molar-refractivity contribution >= 4 is 27.5 Å². The summed E-state index contributed by atoms with van der Waals surface area (Å²) in [5, 5.41) is 3.04. The van der Waals surface area contributed by atoms with Gasteiger partial charge in [-0.1, -0.05) is 36.7 Å². The zero-order valence-electron chi connectivity index (χ0n) is 12.1. The number of carbonyl (C=O) groups excluding carboxylic acids is 1. The number of hydrogen-bond donors (Lipinski definition) is 1. The second kappa shape index (κ2) is 5.43. The number of carbonyl (C=O) groups is 1. The van der Waals surface area contributed by atoms with Crippen LogP contribution in [0.2, 0.25) is 0 Å². The molecule has 0 radical (unpaired) electrons. The predicted octanol–water partition coefficient (Wildman–Crippen LogP) is 4.75. The first-order valence-corrected chi connectivity index (χ1v) is 6.97. The van der Waals surface area contributed by atoms with Crippen molar-refractivity contribution in [3.63, 3.8) is 0 Å². The first-order valence-electron chi connectivity index (χ1n) is 6.18. The summed E-state index contributed by atoms with van der Waals surface area (Å²) in [4.78, 5) is 12.0. The van der Waals surface area contributed by atoms with Crippen molar-refractivity contribution in [3.05, 3.63) is 27.2 Å². The number of rotatable bonds is 2. The molecule has 0 heterocycles. The molecule has 0 unspecified atom stereocenters. The first kappa shape index (κ1) is 15.2. The van der Waals surface area contributed by atoms with Crippen molar-refractivity contribution in [2.24, 2.45) is 5.41 Å². The monoisotopic (exact) mass is 311 g/mol. The maximum Gasteiger partial charge on any atom is 0.224 e. The number of halogens is 1. The molecule has 1 amide bonds. The van der Waals surface area contributed by atoms with E-state index in [0.29, 0.717) is 6.42 Å². The van der Waals surface area contributed by atoms with Crippen LogP contribution in [0.1, 0.15) is 43.9 Å². The van der Waals surface area contributed by atoms with E-state index in [0.717, 1.165) is 21.3 Å². The lowest BCUT2D eigenvalue weighted by atomic mass is 9.91. The Kier molecular flexibility index (Phi) is 4.60. The molecular formula is C15H22BrNO. The molecule has 0 aliphatic carbocycles. The summed E-state index contributed by atoms with van der Waals surface area (Å²) < 4.78 is 1.09. The molecule has 0 spiro atoms. The Morgan fingerprint density at radius 2 is 1.78 bits per heavy atom. The fourth-order valence-electron chi connectivity index (χ4n) is 1.89. The summed E-state index contributed by atoms with van der Waals surface area (Å²) in [7, 11) is 0. The van der Waals surface area contributed by atoms with Crippen molar-refractivity contribution in [1.29, 1.82) is 0 Å². The Morgan fingerprint density at radius 3 is 2.28 bits per heavy atom. The van der Waals surface area contributed by atoms with Gasteiger partial charge in [0.2, 0.25) is 5.91 Å². The van der Waals surface area contributed by atoms with Crippen LogP contribution in [-0.4, -0.2) is 5.91 Å². The molecule has 1 aromatic rings. The van der Waals surface area contributed by atoms with E-state index in [1.165, 1.54) is 5.56 Å². The molecule has 2 nitrogen and oxygen atoms in total. The Labute approximate surface area is 118 Å². The van der Waals surface area contributed by atoms with Gasteiger partial charge < -0.3 is 5.32 Å². The molecule has 0 bridgehead atoms. The van der Waals surface area contributed by atoms with E-state index in [9.17, 15) is 4.79 Å². The molecular weight excluding hydrogens is 290 g/mol. The largest absolute Gasteiger partial charge is 0.326 e. The Hall–Kier alpha value is -0.830. The van der Waals surface area contributed by atoms with Crippen LogP contribution in [0.25, 0.3) is 0 Å². The SMILES string of the molecule is Cc1cc(Br)c(C)c(C)c1NC(=O)CC(C)(C)C. The fourth-order valence-corrected chi connectivity index (χ4v) is 2.53. The van der Waals surface area contributed by atoms with E-state index in [2.05, 4.69) is 55.0 Å². The number of aryl methyl sites for hydroxylation is 1. The van der Waals surface area contributed by atoms with Gasteiger partial charge in [0.1, 0.15) is 0 Å². The molecule has 1 N–H and O–H groups in total. The minimum Gasteiger partial charge on any atom is -0.326 e. The highest BCUT2D eigenvalue weighted by atomic mass is 79.9. The van der Waals surface area contributed by atoms with Crippen molar-refractivity contribution < 1.29 is 4.79 Å². The van der Waals surface area contributed by atoms with Crippen molar-refractivity contribution in [3.8, 4) is 0 Å². The lowest BCUT2D eigenvalue weighted by Gasteiger charge is -2.20. The van der Waals surface area contributed by atoms with E-state index >= 15 is 0 Å². The lowest BCUT2D eigenvalue weighted by Crippen LogP contribution is -2.20. The van der Waals surface area contributed by atoms with Gasteiger partial charge in [-0.15, -0.1) is 0 Å². The highest BCUT2D eigenvalue weighted by Crippen LogP contribution is 2.30. The van der Waals surface area contributed by atoms with Crippen LogP contribution in [0.5, 0.6) is 0 Å². The van der Waals surface area contributed by atoms with E-state index in [-0.39, 0.29) is 11.3 Å². The van der Waals surface area contributed by atoms with Gasteiger partial charge in [0.05, 0.1) is 0 Å². The first-order chi connectivity index (χ1) is 8.11. The van der Waals surface area contributed by atoms with Gasteiger partial charge >= 0.3 is 0 Å². The molecule has 3 heteroatoms. The van der Waals surface area contributed by atoms with Crippen LogP contribution < -0.4 is 5.32 Å². The second-order valence-electron chi connectivity index (χ2n) is 6.09. The molecule has 0 aliphatic heterocycles. The molecule has 0 aromatic heterocycles. The van der Waals surface area contributed by atoms with Crippen LogP contribution >= 0.6 is 15.9 Å². The summed E-state index contributed by atoms with van der Waals surface area (Å²) in [6.07, 6.45) is 0.529. The van der Waals surface area contributed by atoms with Crippen LogP contribution in [0.3, 0.4) is 0 Å². The summed E-state index contributed by atoms with van der Waals surface area (Å²) in [5.41, 5.74) is 4.35. The van der Waals surface area contributed by atoms with E-state index in [1.807, 2.05) is 13.8 Å². The van der Waals surface area contributed by atoms with E-state index < -0.39 is 0 Å². The van der Waals surface area contributed by atoms with Gasteiger partial charge in [-0.25, -0.2) is 0 Å². The standard InChI is InChI=1S/C15H22BrNO/c1-9-7-12(16)10(2)11(3)14(9)17-13(18)8-15(4,5)6/h7H,8H2,1-6H3,(H,17,18). The van der Waals surface area contributed by atoms with Crippen LogP contribution in [0.4, 0.5) is 5.69 Å². The zero-order valence-corrected chi connectivity index (χ0v) is 13.7. The van der Waals surface area contributed by atoms with Crippen molar-refractivity contribution in [1.82, 2.24) is 0 Å². The molecule has 0 atom stereocenters. The summed E-state index contributed by atoms with van der Waals surface area (Å²) in [6, 6.07) is 2.05. The number of benzene rings is 1. The highest BCUT2D eigenvalue weighted by Gasteiger charge is 2.18. The summed E-state index contributed by atoms with van der Waals surface area (Å²) in [6.45, 7) is 12.3. The van der Waals surface area contributed by atoms with E-state index in [4.69, 9.17) is 0 Å². The van der Waals surface area contributed by atoms with Gasteiger partial charge in [-0.05, 0) is 48.9 Å². The molecule has 0 fully saturated rings. The van der Waals surface area contributed by atoms with Gasteiger partial charge in [0.25, 0.3) is 0 Å². The molecule has 1 aromatic carbocycles. The van der Waals surface area contributed by atoms with Crippen LogP contribution in [0, 0.1) is 26.2 Å². The molecule has 18 heavy (non-hydrogen) atoms. The minimum atomic E-state index is 0.0102. The normalized spacial score (nSPS) is 11.5. The topological polar surface area (TPSA) is 29.1 Å². The number of anilines is 1. The molecule has 100 valence electrons. The Morgan fingerprint density at radius 1 is 1.22 bits per heavy atom. The maximum atomic E-state index is 12.0. The second-order valence-corrected chi connectivity index (χ2v) is 6.94. The lowest BCUT2D eigenvalue weighted by molar-refractivity contribution is -0.117. The van der Waals surface area contributed by atoms with E-state index in [1.54, 1.807) is 0 Å². The van der Waals surface area contributed by atoms with Gasteiger partial charge in [-0.2, -0.15) is 0 Å². The summed E-state index contributed by atoms with van der Waals surface area (Å²) in [5.74, 6) is 0.0791. The predicted molar refractivity (Wildman–Crippen MR) is 81.1 cm³/mol. The number of hydrogen-bond acceptors (Lipinski definition) is 1.